The molecule has 1 unspecified atom stereocenters. The minimum Gasteiger partial charge on any atom is -0.457 e. The molecule has 1 atom stereocenters. The molecule has 45 heavy (non-hydrogen) atoms. The molecule has 0 aliphatic rings. The maximum atomic E-state index is 12.2. The second kappa shape index (κ2) is 39.1. The average Bonchev–Trinajstić information content (AvgIpc) is 3.05. The van der Waals surface area contributed by atoms with Crippen molar-refractivity contribution in [3.63, 3.8) is 0 Å². The summed E-state index contributed by atoms with van der Waals surface area (Å²) >= 11 is 0. The van der Waals surface area contributed by atoms with E-state index >= 15 is 0 Å². The molecule has 0 spiro atoms. The summed E-state index contributed by atoms with van der Waals surface area (Å²) in [7, 11) is 0. The number of hydrogen-bond donors (Lipinski definition) is 1. The summed E-state index contributed by atoms with van der Waals surface area (Å²) in [5.41, 5.74) is 0. The second-order valence-corrected chi connectivity index (χ2v) is 13.3. The molecule has 0 aromatic rings. The van der Waals surface area contributed by atoms with Crippen LogP contribution in [0.2, 0.25) is 0 Å². The fraction of sp³-hybridized carbons (Fsp3) is 0.878. The molecule has 4 nitrogen and oxygen atoms in total. The first-order chi connectivity index (χ1) is 22.2. The summed E-state index contributed by atoms with van der Waals surface area (Å²) in [6.07, 6.45) is 46.5. The van der Waals surface area contributed by atoms with Gasteiger partial charge in [-0.15, -0.1) is 0 Å². The van der Waals surface area contributed by atoms with Crippen LogP contribution < -0.4 is 0 Å². The lowest BCUT2D eigenvalue weighted by atomic mass is 10.1. The molecule has 0 aliphatic heterocycles. The van der Waals surface area contributed by atoms with E-state index in [9.17, 15) is 9.90 Å². The number of ether oxygens (including phenoxy) is 2. The van der Waals surface area contributed by atoms with Crippen LogP contribution in [0.3, 0.4) is 0 Å². The number of carbonyl (C=O) groups is 1. The van der Waals surface area contributed by atoms with E-state index in [1.165, 1.54) is 167 Å². The molecule has 0 amide bonds. The highest BCUT2D eigenvalue weighted by atomic mass is 16.6. The molecule has 0 radical (unpaired) electrons. The van der Waals surface area contributed by atoms with E-state index in [4.69, 9.17) is 9.47 Å². The molecule has 0 saturated carbocycles. The molecule has 0 saturated heterocycles. The molecule has 0 rings (SSSR count). The van der Waals surface area contributed by atoms with Gasteiger partial charge >= 0.3 is 5.97 Å². The molecule has 0 aromatic carbocycles. The van der Waals surface area contributed by atoms with Crippen molar-refractivity contribution in [2.75, 3.05) is 19.8 Å². The van der Waals surface area contributed by atoms with Crippen molar-refractivity contribution in [2.24, 2.45) is 0 Å². The molecule has 1 N–H and O–H groups in total. The van der Waals surface area contributed by atoms with Gasteiger partial charge in [0.1, 0.15) is 6.10 Å². The van der Waals surface area contributed by atoms with E-state index in [1.54, 1.807) is 0 Å². The Morgan fingerprint density at radius 1 is 0.511 bits per heavy atom. The van der Waals surface area contributed by atoms with Crippen molar-refractivity contribution in [2.45, 2.75) is 213 Å². The monoisotopic (exact) mass is 635 g/mol. The zero-order valence-electron chi connectivity index (χ0n) is 30.4. The Hall–Kier alpha value is -1.13. The molecule has 0 bridgehead atoms. The minimum atomic E-state index is -0.536. The van der Waals surface area contributed by atoms with Gasteiger partial charge in [0.25, 0.3) is 0 Å². The van der Waals surface area contributed by atoms with Gasteiger partial charge in [0, 0.05) is 13.0 Å². The molecule has 4 heteroatoms. The minimum absolute atomic E-state index is 0.173. The first kappa shape index (κ1) is 43.9. The van der Waals surface area contributed by atoms with Gasteiger partial charge in [-0.05, 0) is 64.2 Å². The van der Waals surface area contributed by atoms with Crippen LogP contribution in [0.15, 0.2) is 24.3 Å². The van der Waals surface area contributed by atoms with Crippen LogP contribution in [0.25, 0.3) is 0 Å². The van der Waals surface area contributed by atoms with Gasteiger partial charge in [0.05, 0.1) is 13.2 Å². The topological polar surface area (TPSA) is 55.8 Å². The van der Waals surface area contributed by atoms with E-state index in [0.717, 1.165) is 19.3 Å². The Labute approximate surface area is 281 Å². The average molecular weight is 635 g/mol. The van der Waals surface area contributed by atoms with Crippen LogP contribution in [0.5, 0.6) is 0 Å². The van der Waals surface area contributed by atoms with Crippen molar-refractivity contribution >= 4 is 5.97 Å². The first-order valence-corrected chi connectivity index (χ1v) is 19.9. The number of unbranched alkanes of at least 4 members (excludes halogenated alkanes) is 25. The largest absolute Gasteiger partial charge is 0.457 e. The highest BCUT2D eigenvalue weighted by Gasteiger charge is 2.13. The molecule has 0 fully saturated rings. The van der Waals surface area contributed by atoms with Gasteiger partial charge in [-0.2, -0.15) is 0 Å². The summed E-state index contributed by atoms with van der Waals surface area (Å²) in [4.78, 5) is 12.2. The fourth-order valence-corrected chi connectivity index (χ4v) is 5.73. The summed E-state index contributed by atoms with van der Waals surface area (Å²) in [5, 5.41) is 9.57. The van der Waals surface area contributed by atoms with Crippen LogP contribution >= 0.6 is 0 Å². The van der Waals surface area contributed by atoms with E-state index in [2.05, 4.69) is 38.2 Å². The zero-order chi connectivity index (χ0) is 32.7. The lowest BCUT2D eigenvalue weighted by Crippen LogP contribution is -2.27. The van der Waals surface area contributed by atoms with Crippen LogP contribution in [0.1, 0.15) is 206 Å². The summed E-state index contributed by atoms with van der Waals surface area (Å²) in [6.45, 7) is 5.34. The predicted octanol–water partition coefficient (Wildman–Crippen LogP) is 12.8. The molecular formula is C41H78O4. The van der Waals surface area contributed by atoms with Crippen LogP contribution in [-0.4, -0.2) is 37.0 Å². The number of allylic oxidation sites excluding steroid dienone is 4. The third kappa shape index (κ3) is 37.2. The number of hydrogen-bond acceptors (Lipinski definition) is 4. The van der Waals surface area contributed by atoms with Crippen LogP contribution in [-0.2, 0) is 14.3 Å². The zero-order valence-corrected chi connectivity index (χ0v) is 30.4. The predicted molar refractivity (Wildman–Crippen MR) is 196 cm³/mol. The van der Waals surface area contributed by atoms with Crippen LogP contribution in [0, 0.1) is 0 Å². The smallest absolute Gasteiger partial charge is 0.306 e. The highest BCUT2D eigenvalue weighted by Crippen LogP contribution is 2.13. The maximum absolute atomic E-state index is 12.2. The Bertz CT molecular complexity index is 629. The number of rotatable bonds is 37. The maximum Gasteiger partial charge on any atom is 0.306 e. The van der Waals surface area contributed by atoms with Gasteiger partial charge in [-0.25, -0.2) is 0 Å². The van der Waals surface area contributed by atoms with Gasteiger partial charge < -0.3 is 14.6 Å². The Balaban J connectivity index is 3.43. The number of aliphatic hydroxyl groups excluding tert-OH is 1. The van der Waals surface area contributed by atoms with Gasteiger partial charge in [-0.3, -0.25) is 4.79 Å². The Morgan fingerprint density at radius 2 is 0.867 bits per heavy atom. The third-order valence-electron chi connectivity index (χ3n) is 8.75. The lowest BCUT2D eigenvalue weighted by molar-refractivity contribution is -0.154. The number of carbonyl (C=O) groups excluding carboxylic acids is 1. The molecular weight excluding hydrogens is 556 g/mol. The van der Waals surface area contributed by atoms with Gasteiger partial charge in [0.15, 0.2) is 0 Å². The van der Waals surface area contributed by atoms with Gasteiger partial charge in [-0.1, -0.05) is 160 Å². The van der Waals surface area contributed by atoms with E-state index < -0.39 is 6.10 Å². The van der Waals surface area contributed by atoms with Crippen molar-refractivity contribution in [1.29, 1.82) is 0 Å². The molecule has 0 aromatic heterocycles. The first-order valence-electron chi connectivity index (χ1n) is 19.9. The summed E-state index contributed by atoms with van der Waals surface area (Å²) in [5.74, 6) is -0.206. The molecule has 0 heterocycles. The quantitative estimate of drug-likeness (QED) is 0.0420. The standard InChI is InChI=1S/C41H78O4/c1-3-5-7-9-11-13-15-17-19-20-21-22-24-26-28-30-32-34-36-41(43)45-40(38-42)39-44-37-35-33-31-29-27-25-23-18-16-14-12-10-8-6-4-2/h16,18-20,40,42H,3-15,17,21-39H2,1-2H3/b18-16-,20-19-. The van der Waals surface area contributed by atoms with E-state index in [-0.39, 0.29) is 12.6 Å². The van der Waals surface area contributed by atoms with Crippen LogP contribution in [0.4, 0.5) is 0 Å². The normalized spacial score (nSPS) is 12.5. The fourth-order valence-electron chi connectivity index (χ4n) is 5.73. The van der Waals surface area contributed by atoms with Crippen molar-refractivity contribution in [3.8, 4) is 0 Å². The Kier molecular flexibility index (Phi) is 38.1. The second-order valence-electron chi connectivity index (χ2n) is 13.3. The number of esters is 1. The molecule has 266 valence electrons. The van der Waals surface area contributed by atoms with Crippen molar-refractivity contribution in [1.82, 2.24) is 0 Å². The molecule has 0 aliphatic carbocycles. The third-order valence-corrected chi connectivity index (χ3v) is 8.75. The highest BCUT2D eigenvalue weighted by molar-refractivity contribution is 5.69. The van der Waals surface area contributed by atoms with E-state index in [1.807, 2.05) is 0 Å². The summed E-state index contributed by atoms with van der Waals surface area (Å²) < 4.78 is 11.1. The van der Waals surface area contributed by atoms with Gasteiger partial charge in [0.2, 0.25) is 0 Å². The lowest BCUT2D eigenvalue weighted by Gasteiger charge is -2.15. The Morgan fingerprint density at radius 3 is 1.27 bits per heavy atom. The summed E-state index contributed by atoms with van der Waals surface area (Å²) in [6, 6.07) is 0. The van der Waals surface area contributed by atoms with Crippen molar-refractivity contribution in [3.05, 3.63) is 24.3 Å². The number of aliphatic hydroxyl groups is 1. The van der Waals surface area contributed by atoms with E-state index in [0.29, 0.717) is 19.6 Å². The SMILES string of the molecule is CCCCCCC/C=C\CCCCCCCCOCC(CO)OC(=O)CCCCCCCCC/C=C\CCCCCCCCC. The van der Waals surface area contributed by atoms with Crippen molar-refractivity contribution < 1.29 is 19.4 Å².